The Kier molecular flexibility index (Phi) is 8.92. The maximum atomic E-state index is 4.63. The normalized spacial score (nSPS) is 19.4. The second kappa shape index (κ2) is 10.1. The first-order chi connectivity index (χ1) is 10.5. The van der Waals surface area contributed by atoms with E-state index in [2.05, 4.69) is 51.0 Å². The number of nitrogens with zero attached hydrogens (tertiary/aromatic N) is 1. The number of aliphatic imine (C=N–C) groups is 1. The van der Waals surface area contributed by atoms with Crippen molar-refractivity contribution in [1.29, 1.82) is 0 Å². The van der Waals surface area contributed by atoms with Crippen LogP contribution in [0.2, 0.25) is 0 Å². The standard InChI is InChI=1S/C19H34N2S/c1-7-15(5)18(21-17(8-2)14(3)4)22-19(20-6)16-12-10-9-11-13-16/h8,14,16,21H,7,9-13H2,1-6H3/b17-8+,18-15-,20-19?. The molecule has 1 saturated carbocycles. The van der Waals surface area contributed by atoms with Crippen molar-refractivity contribution in [2.45, 2.75) is 73.1 Å². The molecule has 1 fully saturated rings. The van der Waals surface area contributed by atoms with Crippen LogP contribution >= 0.6 is 11.8 Å². The molecule has 0 saturated heterocycles. The fourth-order valence-electron chi connectivity index (χ4n) is 2.83. The Morgan fingerprint density at radius 1 is 1.27 bits per heavy atom. The number of nitrogens with one attached hydrogen (secondary N) is 1. The molecule has 2 nitrogen and oxygen atoms in total. The van der Waals surface area contributed by atoms with E-state index in [1.807, 2.05) is 18.8 Å². The van der Waals surface area contributed by atoms with Gasteiger partial charge in [0, 0.05) is 18.7 Å². The average Bonchev–Trinajstić information content (AvgIpc) is 2.55. The lowest BCUT2D eigenvalue weighted by Crippen LogP contribution is -2.21. The number of thioether (sulfide) groups is 1. The highest BCUT2D eigenvalue weighted by atomic mass is 32.2. The van der Waals surface area contributed by atoms with E-state index in [0.717, 1.165) is 6.42 Å². The summed E-state index contributed by atoms with van der Waals surface area (Å²) in [6, 6.07) is 0. The van der Waals surface area contributed by atoms with Crippen molar-refractivity contribution in [3.8, 4) is 0 Å². The van der Waals surface area contributed by atoms with E-state index in [1.54, 1.807) is 0 Å². The Balaban J connectivity index is 2.89. The predicted molar refractivity (Wildman–Crippen MR) is 102 cm³/mol. The van der Waals surface area contributed by atoms with Gasteiger partial charge in [0.15, 0.2) is 0 Å². The molecule has 0 heterocycles. The second-order valence-corrected chi connectivity index (χ2v) is 7.52. The van der Waals surface area contributed by atoms with Gasteiger partial charge in [0.05, 0.1) is 10.1 Å². The Hall–Kier alpha value is -0.700. The number of rotatable bonds is 6. The highest BCUT2D eigenvalue weighted by Crippen LogP contribution is 2.33. The first-order valence-corrected chi connectivity index (χ1v) is 9.62. The van der Waals surface area contributed by atoms with Gasteiger partial charge < -0.3 is 5.32 Å². The summed E-state index contributed by atoms with van der Waals surface area (Å²) in [5.41, 5.74) is 2.72. The van der Waals surface area contributed by atoms with Gasteiger partial charge in [0.2, 0.25) is 0 Å². The topological polar surface area (TPSA) is 24.4 Å². The fourth-order valence-corrected chi connectivity index (χ4v) is 4.02. The zero-order valence-corrected chi connectivity index (χ0v) is 16.1. The van der Waals surface area contributed by atoms with Crippen molar-refractivity contribution in [3.63, 3.8) is 0 Å². The highest BCUT2D eigenvalue weighted by Gasteiger charge is 2.21. The molecule has 0 aromatic carbocycles. The molecular formula is C19H34N2S. The van der Waals surface area contributed by atoms with Crippen molar-refractivity contribution in [3.05, 3.63) is 22.4 Å². The van der Waals surface area contributed by atoms with Crippen LogP contribution in [-0.4, -0.2) is 12.1 Å². The van der Waals surface area contributed by atoms with Crippen LogP contribution in [0, 0.1) is 11.8 Å². The van der Waals surface area contributed by atoms with E-state index >= 15 is 0 Å². The molecule has 22 heavy (non-hydrogen) atoms. The van der Waals surface area contributed by atoms with Crippen molar-refractivity contribution in [1.82, 2.24) is 5.32 Å². The van der Waals surface area contributed by atoms with Gasteiger partial charge in [-0.2, -0.15) is 0 Å². The second-order valence-electron chi connectivity index (χ2n) is 6.49. The summed E-state index contributed by atoms with van der Waals surface area (Å²) >= 11 is 1.87. The van der Waals surface area contributed by atoms with Gasteiger partial charge in [-0.05, 0) is 44.6 Å². The van der Waals surface area contributed by atoms with Gasteiger partial charge in [-0.25, -0.2) is 0 Å². The summed E-state index contributed by atoms with van der Waals surface area (Å²) in [4.78, 5) is 4.63. The van der Waals surface area contributed by atoms with E-state index in [1.165, 1.54) is 53.4 Å². The number of hydrogen-bond donors (Lipinski definition) is 1. The molecule has 0 atom stereocenters. The first kappa shape index (κ1) is 19.3. The Morgan fingerprint density at radius 2 is 1.91 bits per heavy atom. The van der Waals surface area contributed by atoms with Gasteiger partial charge >= 0.3 is 0 Å². The quantitative estimate of drug-likeness (QED) is 0.470. The SMILES string of the molecule is C/C=C(/N/C(SC(=NC)C1CCCCC1)=C(\C)CC)C(C)C. The van der Waals surface area contributed by atoms with Crippen molar-refractivity contribution < 1.29 is 0 Å². The summed E-state index contributed by atoms with van der Waals surface area (Å²) in [6.07, 6.45) is 9.98. The van der Waals surface area contributed by atoms with Gasteiger partial charge in [-0.1, -0.05) is 57.9 Å². The van der Waals surface area contributed by atoms with Gasteiger partial charge in [0.1, 0.15) is 0 Å². The maximum absolute atomic E-state index is 4.63. The minimum Gasteiger partial charge on any atom is -0.353 e. The number of allylic oxidation sites excluding steroid dienone is 3. The molecule has 3 heteroatoms. The minimum absolute atomic E-state index is 0.516. The molecule has 0 aliphatic heterocycles. The zero-order chi connectivity index (χ0) is 16.5. The van der Waals surface area contributed by atoms with E-state index in [4.69, 9.17) is 0 Å². The van der Waals surface area contributed by atoms with Crippen molar-refractivity contribution >= 4 is 16.8 Å². The molecule has 0 amide bonds. The van der Waals surface area contributed by atoms with Crippen LogP contribution in [0.15, 0.2) is 27.4 Å². The molecule has 1 aliphatic rings. The lowest BCUT2D eigenvalue weighted by molar-refractivity contribution is 0.443. The molecule has 0 aromatic heterocycles. The third kappa shape index (κ3) is 5.83. The van der Waals surface area contributed by atoms with Crippen LogP contribution < -0.4 is 5.32 Å². The monoisotopic (exact) mass is 322 g/mol. The van der Waals surface area contributed by atoms with Gasteiger partial charge in [0.25, 0.3) is 0 Å². The molecule has 0 spiro atoms. The third-order valence-electron chi connectivity index (χ3n) is 4.49. The van der Waals surface area contributed by atoms with Crippen LogP contribution in [0.5, 0.6) is 0 Å². The Labute approximate surface area is 141 Å². The summed E-state index contributed by atoms with van der Waals surface area (Å²) in [6.45, 7) is 11.0. The molecule has 1 aliphatic carbocycles. The summed E-state index contributed by atoms with van der Waals surface area (Å²) in [5, 5.41) is 6.28. The summed E-state index contributed by atoms with van der Waals surface area (Å²) in [5.74, 6) is 1.18. The molecular weight excluding hydrogens is 288 g/mol. The highest BCUT2D eigenvalue weighted by molar-refractivity contribution is 8.17. The Bertz CT molecular complexity index is 427. The molecule has 0 radical (unpaired) electrons. The van der Waals surface area contributed by atoms with E-state index in [-0.39, 0.29) is 0 Å². The molecule has 0 unspecified atom stereocenters. The average molecular weight is 323 g/mol. The van der Waals surface area contributed by atoms with Crippen LogP contribution in [0.4, 0.5) is 0 Å². The maximum Gasteiger partial charge on any atom is 0.0772 e. The van der Waals surface area contributed by atoms with E-state index in [0.29, 0.717) is 11.8 Å². The van der Waals surface area contributed by atoms with E-state index in [9.17, 15) is 0 Å². The summed E-state index contributed by atoms with van der Waals surface area (Å²) < 4.78 is 0. The number of hydrogen-bond acceptors (Lipinski definition) is 3. The minimum atomic E-state index is 0.516. The largest absolute Gasteiger partial charge is 0.353 e. The first-order valence-electron chi connectivity index (χ1n) is 8.80. The molecule has 0 aromatic rings. The molecule has 1 rings (SSSR count). The molecule has 126 valence electrons. The van der Waals surface area contributed by atoms with Crippen molar-refractivity contribution in [2.75, 3.05) is 7.05 Å². The molecule has 1 N–H and O–H groups in total. The smallest absolute Gasteiger partial charge is 0.0772 e. The van der Waals surface area contributed by atoms with Crippen LogP contribution in [-0.2, 0) is 0 Å². The lowest BCUT2D eigenvalue weighted by Gasteiger charge is -2.25. The van der Waals surface area contributed by atoms with Gasteiger partial charge in [-0.15, -0.1) is 0 Å². The van der Waals surface area contributed by atoms with Crippen molar-refractivity contribution in [2.24, 2.45) is 16.8 Å². The predicted octanol–water partition coefficient (Wildman–Crippen LogP) is 6.12. The third-order valence-corrected chi connectivity index (χ3v) is 5.87. The van der Waals surface area contributed by atoms with Crippen LogP contribution in [0.3, 0.4) is 0 Å². The summed E-state index contributed by atoms with van der Waals surface area (Å²) in [7, 11) is 1.95. The van der Waals surface area contributed by atoms with E-state index < -0.39 is 0 Å². The zero-order valence-electron chi connectivity index (χ0n) is 15.3. The molecule has 0 bridgehead atoms. The lowest BCUT2D eigenvalue weighted by atomic mass is 9.90. The van der Waals surface area contributed by atoms with Crippen LogP contribution in [0.25, 0.3) is 0 Å². The van der Waals surface area contributed by atoms with Gasteiger partial charge in [-0.3, -0.25) is 4.99 Å². The van der Waals surface area contributed by atoms with Crippen LogP contribution in [0.1, 0.15) is 73.1 Å². The fraction of sp³-hybridized carbons (Fsp3) is 0.737. The Morgan fingerprint density at radius 3 is 2.36 bits per heavy atom.